The third-order valence-corrected chi connectivity index (χ3v) is 3.98. The Balaban J connectivity index is 0.00000120. The monoisotopic (exact) mass is 323 g/mol. The number of hydrogen-bond donors (Lipinski definition) is 0. The van der Waals surface area contributed by atoms with Crippen molar-refractivity contribution in [3.63, 3.8) is 0 Å². The Morgan fingerprint density at radius 1 is 0.944 bits per heavy atom. The highest BCUT2D eigenvalue weighted by Gasteiger charge is 2.20. The van der Waals surface area contributed by atoms with E-state index in [4.69, 9.17) is 0 Å². The summed E-state index contributed by atoms with van der Waals surface area (Å²) in [6.45, 7) is 3.14. The lowest BCUT2D eigenvalue weighted by atomic mass is 10.1. The number of rotatable bonds is 2. The van der Waals surface area contributed by atoms with Gasteiger partial charge < -0.3 is 0 Å². The van der Waals surface area contributed by atoms with Crippen LogP contribution in [0.1, 0.15) is 16.7 Å². The molecule has 0 radical (unpaired) electrons. The maximum Gasteiger partial charge on any atom is 0.0255 e. The van der Waals surface area contributed by atoms with Crippen LogP contribution in [0.25, 0.3) is 0 Å². The van der Waals surface area contributed by atoms with E-state index in [-0.39, 0.29) is 12.4 Å². The van der Waals surface area contributed by atoms with Crippen molar-refractivity contribution in [3.05, 3.63) is 69.7 Å². The lowest BCUT2D eigenvalue weighted by molar-refractivity contribution is 0.275. The zero-order valence-electron chi connectivity index (χ0n) is 9.97. The number of halogens is 2. The molecule has 0 saturated carbocycles. The Labute approximate surface area is 122 Å². The van der Waals surface area contributed by atoms with Crippen molar-refractivity contribution in [2.75, 3.05) is 0 Å². The first-order valence-electron chi connectivity index (χ1n) is 5.85. The largest absolute Gasteiger partial charge is 0.291 e. The van der Waals surface area contributed by atoms with E-state index in [0.717, 1.165) is 19.6 Å². The number of fused-ring (bicyclic) bond motifs is 1. The van der Waals surface area contributed by atoms with Crippen LogP contribution in [-0.4, -0.2) is 4.90 Å². The molecule has 0 N–H and O–H groups in total. The molecule has 1 aliphatic rings. The first-order chi connectivity index (χ1) is 8.33. The Morgan fingerprint density at radius 2 is 1.72 bits per heavy atom. The van der Waals surface area contributed by atoms with Crippen LogP contribution in [0.3, 0.4) is 0 Å². The Hall–Kier alpha value is -0.830. The van der Waals surface area contributed by atoms with E-state index in [1.54, 1.807) is 0 Å². The van der Waals surface area contributed by atoms with Crippen LogP contribution in [0.4, 0.5) is 0 Å². The van der Waals surface area contributed by atoms with Crippen molar-refractivity contribution in [2.24, 2.45) is 0 Å². The summed E-state index contributed by atoms with van der Waals surface area (Å²) in [6, 6.07) is 17.1. The summed E-state index contributed by atoms with van der Waals surface area (Å²) < 4.78 is 1.24. The van der Waals surface area contributed by atoms with Gasteiger partial charge in [0.2, 0.25) is 0 Å². The standard InChI is InChI=1S/C15H14BrN.ClH/c16-15-8-4-7-13-10-17(11-14(13)15)9-12-5-2-1-3-6-12;/h1-8H,9-11H2;1H. The molecular formula is C15H15BrClN. The molecule has 0 unspecified atom stereocenters. The average Bonchev–Trinajstić information content (AvgIpc) is 2.74. The van der Waals surface area contributed by atoms with Crippen molar-refractivity contribution in [1.82, 2.24) is 4.90 Å². The van der Waals surface area contributed by atoms with E-state index < -0.39 is 0 Å². The van der Waals surface area contributed by atoms with Crippen molar-refractivity contribution in [2.45, 2.75) is 19.6 Å². The normalized spacial score (nSPS) is 14.1. The van der Waals surface area contributed by atoms with E-state index in [2.05, 4.69) is 69.4 Å². The molecule has 18 heavy (non-hydrogen) atoms. The van der Waals surface area contributed by atoms with Crippen LogP contribution in [0.15, 0.2) is 53.0 Å². The summed E-state index contributed by atoms with van der Waals surface area (Å²) in [4.78, 5) is 2.48. The Bertz CT molecular complexity index is 527. The summed E-state index contributed by atoms with van der Waals surface area (Å²) >= 11 is 3.63. The molecule has 0 aromatic heterocycles. The lowest BCUT2D eigenvalue weighted by Crippen LogP contribution is -2.15. The van der Waals surface area contributed by atoms with Crippen molar-refractivity contribution in [3.8, 4) is 0 Å². The van der Waals surface area contributed by atoms with Crippen molar-refractivity contribution >= 4 is 28.3 Å². The smallest absolute Gasteiger partial charge is 0.0255 e. The second kappa shape index (κ2) is 5.87. The average molecular weight is 325 g/mol. The van der Waals surface area contributed by atoms with Crippen molar-refractivity contribution in [1.29, 1.82) is 0 Å². The van der Waals surface area contributed by atoms with Gasteiger partial charge in [0.25, 0.3) is 0 Å². The van der Waals surface area contributed by atoms with Gasteiger partial charge in [-0.25, -0.2) is 0 Å². The van der Waals surface area contributed by atoms with Gasteiger partial charge in [-0.15, -0.1) is 12.4 Å². The fourth-order valence-corrected chi connectivity index (χ4v) is 2.93. The number of benzene rings is 2. The molecule has 94 valence electrons. The quantitative estimate of drug-likeness (QED) is 0.792. The lowest BCUT2D eigenvalue weighted by Gasteiger charge is -2.14. The predicted octanol–water partition coefficient (Wildman–Crippen LogP) is 4.39. The molecule has 3 heteroatoms. The summed E-state index contributed by atoms with van der Waals surface area (Å²) in [6.07, 6.45) is 0. The molecule has 0 aliphatic carbocycles. The van der Waals surface area contributed by atoms with Gasteiger partial charge in [-0.1, -0.05) is 58.4 Å². The Morgan fingerprint density at radius 3 is 2.44 bits per heavy atom. The summed E-state index contributed by atoms with van der Waals surface area (Å²) in [5, 5.41) is 0. The van der Waals surface area contributed by atoms with Crippen molar-refractivity contribution < 1.29 is 0 Å². The van der Waals surface area contributed by atoms with Crippen LogP contribution in [0.2, 0.25) is 0 Å². The molecule has 0 saturated heterocycles. The molecule has 1 nitrogen and oxygen atoms in total. The molecule has 0 spiro atoms. The second-order valence-corrected chi connectivity index (χ2v) is 5.36. The molecule has 0 amide bonds. The third-order valence-electron chi connectivity index (χ3n) is 3.24. The molecule has 2 aromatic rings. The van der Waals surface area contributed by atoms with E-state index in [1.165, 1.54) is 21.2 Å². The zero-order valence-corrected chi connectivity index (χ0v) is 12.4. The maximum absolute atomic E-state index is 3.63. The minimum absolute atomic E-state index is 0. The van der Waals surface area contributed by atoms with Crippen LogP contribution < -0.4 is 0 Å². The van der Waals surface area contributed by atoms with E-state index >= 15 is 0 Å². The third kappa shape index (κ3) is 2.77. The molecule has 0 bridgehead atoms. The molecule has 1 aliphatic heterocycles. The number of hydrogen-bond acceptors (Lipinski definition) is 1. The van der Waals surface area contributed by atoms with Gasteiger partial charge in [0.05, 0.1) is 0 Å². The van der Waals surface area contributed by atoms with Gasteiger partial charge >= 0.3 is 0 Å². The molecular weight excluding hydrogens is 310 g/mol. The number of nitrogens with zero attached hydrogens (tertiary/aromatic N) is 1. The first-order valence-corrected chi connectivity index (χ1v) is 6.65. The minimum atomic E-state index is 0. The highest BCUT2D eigenvalue weighted by molar-refractivity contribution is 9.10. The summed E-state index contributed by atoms with van der Waals surface area (Å²) in [5.41, 5.74) is 4.29. The van der Waals surface area contributed by atoms with E-state index in [0.29, 0.717) is 0 Å². The second-order valence-electron chi connectivity index (χ2n) is 4.51. The van der Waals surface area contributed by atoms with Crippen LogP contribution in [0, 0.1) is 0 Å². The van der Waals surface area contributed by atoms with Crippen LogP contribution >= 0.6 is 28.3 Å². The molecule has 2 aromatic carbocycles. The van der Waals surface area contributed by atoms with Crippen LogP contribution in [-0.2, 0) is 19.6 Å². The highest BCUT2D eigenvalue weighted by atomic mass is 79.9. The van der Waals surface area contributed by atoms with Gasteiger partial charge in [0.15, 0.2) is 0 Å². The SMILES string of the molecule is Brc1cccc2c1CN(Cc1ccccc1)C2.Cl. The summed E-state index contributed by atoms with van der Waals surface area (Å²) in [7, 11) is 0. The van der Waals surface area contributed by atoms with Gasteiger partial charge in [-0.05, 0) is 22.8 Å². The maximum atomic E-state index is 3.63. The predicted molar refractivity (Wildman–Crippen MR) is 80.8 cm³/mol. The van der Waals surface area contributed by atoms with E-state index in [1.807, 2.05) is 0 Å². The van der Waals surface area contributed by atoms with Crippen LogP contribution in [0.5, 0.6) is 0 Å². The molecule has 0 fully saturated rings. The molecule has 0 atom stereocenters. The minimum Gasteiger partial charge on any atom is -0.291 e. The van der Waals surface area contributed by atoms with E-state index in [9.17, 15) is 0 Å². The topological polar surface area (TPSA) is 3.24 Å². The zero-order chi connectivity index (χ0) is 11.7. The molecule has 3 rings (SSSR count). The Kier molecular flexibility index (Phi) is 4.44. The van der Waals surface area contributed by atoms with Gasteiger partial charge in [-0.2, -0.15) is 0 Å². The van der Waals surface area contributed by atoms with Gasteiger partial charge in [0.1, 0.15) is 0 Å². The fourth-order valence-electron chi connectivity index (χ4n) is 2.40. The van der Waals surface area contributed by atoms with Gasteiger partial charge in [0, 0.05) is 24.1 Å². The fraction of sp³-hybridized carbons (Fsp3) is 0.200. The van der Waals surface area contributed by atoms with Gasteiger partial charge in [-0.3, -0.25) is 4.90 Å². The highest BCUT2D eigenvalue weighted by Crippen LogP contribution is 2.30. The molecule has 1 heterocycles. The first kappa shape index (κ1) is 13.6. The summed E-state index contributed by atoms with van der Waals surface area (Å²) in [5.74, 6) is 0.